The van der Waals surface area contributed by atoms with Gasteiger partial charge in [0.15, 0.2) is 0 Å². The van der Waals surface area contributed by atoms with E-state index in [0.29, 0.717) is 13.2 Å². The van der Waals surface area contributed by atoms with Crippen LogP contribution in [0.3, 0.4) is 0 Å². The number of imidazole rings is 1. The summed E-state index contributed by atoms with van der Waals surface area (Å²) in [6, 6.07) is 7.95. The number of para-hydroxylation sites is 1. The van der Waals surface area contributed by atoms with Crippen LogP contribution in [0.25, 0.3) is 0 Å². The second-order valence-electron chi connectivity index (χ2n) is 4.66. The Bertz CT molecular complexity index is 616. The molecule has 1 N–H and O–H groups in total. The Morgan fingerprint density at radius 1 is 1.30 bits per heavy atom. The van der Waals surface area contributed by atoms with Gasteiger partial charge in [-0.05, 0) is 20.0 Å². The van der Waals surface area contributed by atoms with E-state index >= 15 is 0 Å². The highest BCUT2D eigenvalue weighted by molar-refractivity contribution is 5.35. The van der Waals surface area contributed by atoms with Crippen LogP contribution in [0.2, 0.25) is 0 Å². The topological polar surface area (TPSA) is 48.2 Å². The van der Waals surface area contributed by atoms with Crippen LogP contribution in [0, 0.1) is 0 Å². The van der Waals surface area contributed by atoms with Crippen LogP contribution in [0.15, 0.2) is 41.5 Å². The van der Waals surface area contributed by atoms with E-state index in [9.17, 15) is 4.79 Å². The summed E-state index contributed by atoms with van der Waals surface area (Å²) >= 11 is 0. The fraction of sp³-hybridized carbons (Fsp3) is 0.400. The molecule has 0 saturated heterocycles. The van der Waals surface area contributed by atoms with E-state index in [1.54, 1.807) is 28.6 Å². The van der Waals surface area contributed by atoms with Crippen molar-refractivity contribution in [3.05, 3.63) is 52.7 Å². The smallest absolute Gasteiger partial charge is 0.327 e. The average molecular weight is 275 g/mol. The summed E-state index contributed by atoms with van der Waals surface area (Å²) in [7, 11) is 3.64. The third-order valence-corrected chi connectivity index (χ3v) is 3.34. The van der Waals surface area contributed by atoms with Crippen LogP contribution in [0.4, 0.5) is 0 Å². The zero-order chi connectivity index (χ0) is 14.5. The van der Waals surface area contributed by atoms with Crippen LogP contribution in [-0.2, 0) is 13.6 Å². The maximum Gasteiger partial charge on any atom is 0.327 e. The van der Waals surface area contributed by atoms with E-state index in [0.717, 1.165) is 11.3 Å². The fourth-order valence-electron chi connectivity index (χ4n) is 2.25. The largest absolute Gasteiger partial charge is 0.494 e. The van der Waals surface area contributed by atoms with Gasteiger partial charge < -0.3 is 14.6 Å². The molecule has 1 unspecified atom stereocenters. The monoisotopic (exact) mass is 275 g/mol. The molecule has 1 aromatic heterocycles. The van der Waals surface area contributed by atoms with Gasteiger partial charge in [-0.1, -0.05) is 18.2 Å². The van der Waals surface area contributed by atoms with Gasteiger partial charge in [0.05, 0.1) is 12.6 Å². The minimum atomic E-state index is -0.0147. The first-order chi connectivity index (χ1) is 9.67. The van der Waals surface area contributed by atoms with Gasteiger partial charge in [0.1, 0.15) is 5.75 Å². The molecule has 0 fully saturated rings. The van der Waals surface area contributed by atoms with Crippen molar-refractivity contribution >= 4 is 0 Å². The number of benzene rings is 1. The van der Waals surface area contributed by atoms with Crippen molar-refractivity contribution in [2.24, 2.45) is 7.05 Å². The quantitative estimate of drug-likeness (QED) is 0.870. The normalized spacial score (nSPS) is 12.3. The van der Waals surface area contributed by atoms with Crippen molar-refractivity contribution in [3.8, 4) is 5.75 Å². The first-order valence-electron chi connectivity index (χ1n) is 6.78. The maximum absolute atomic E-state index is 11.9. The fourth-order valence-corrected chi connectivity index (χ4v) is 2.25. The highest BCUT2D eigenvalue weighted by Gasteiger charge is 2.16. The molecule has 2 aromatic rings. The van der Waals surface area contributed by atoms with Crippen LogP contribution >= 0.6 is 0 Å². The molecule has 0 aliphatic heterocycles. The Kier molecular flexibility index (Phi) is 4.63. The lowest BCUT2D eigenvalue weighted by atomic mass is 10.1. The van der Waals surface area contributed by atoms with Crippen molar-refractivity contribution < 1.29 is 4.74 Å². The predicted octanol–water partition coefficient (Wildman–Crippen LogP) is 1.55. The molecule has 108 valence electrons. The van der Waals surface area contributed by atoms with Gasteiger partial charge in [-0.3, -0.25) is 4.57 Å². The Morgan fingerprint density at radius 2 is 2.05 bits per heavy atom. The third kappa shape index (κ3) is 2.93. The van der Waals surface area contributed by atoms with E-state index in [-0.39, 0.29) is 11.7 Å². The predicted molar refractivity (Wildman–Crippen MR) is 79.1 cm³/mol. The van der Waals surface area contributed by atoms with Gasteiger partial charge in [0.2, 0.25) is 0 Å². The number of aromatic nitrogens is 2. The van der Waals surface area contributed by atoms with Crippen LogP contribution < -0.4 is 15.7 Å². The molecule has 20 heavy (non-hydrogen) atoms. The Hall–Kier alpha value is -2.01. The van der Waals surface area contributed by atoms with E-state index in [2.05, 4.69) is 5.32 Å². The summed E-state index contributed by atoms with van der Waals surface area (Å²) in [5, 5.41) is 3.25. The maximum atomic E-state index is 11.9. The van der Waals surface area contributed by atoms with Crippen molar-refractivity contribution in [1.82, 2.24) is 14.5 Å². The van der Waals surface area contributed by atoms with E-state index in [1.165, 1.54) is 0 Å². The van der Waals surface area contributed by atoms with Crippen LogP contribution in [-0.4, -0.2) is 22.8 Å². The molecule has 0 amide bonds. The molecule has 0 radical (unpaired) electrons. The molecular formula is C15H21N3O2. The van der Waals surface area contributed by atoms with Gasteiger partial charge in [0.25, 0.3) is 0 Å². The number of aryl methyl sites for hydroxylation is 1. The van der Waals surface area contributed by atoms with Gasteiger partial charge in [-0.2, -0.15) is 0 Å². The number of nitrogens with zero attached hydrogens (tertiary/aromatic N) is 2. The summed E-state index contributed by atoms with van der Waals surface area (Å²) < 4.78 is 8.93. The van der Waals surface area contributed by atoms with Gasteiger partial charge in [-0.25, -0.2) is 4.79 Å². The standard InChI is InChI=1S/C15H21N3O2/c1-4-20-14-8-6-5-7-12(14)13(16-2)11-18-10-9-17(3)15(18)19/h5-10,13,16H,4,11H2,1-3H3. The van der Waals surface area contributed by atoms with Gasteiger partial charge in [0, 0.05) is 31.5 Å². The number of nitrogens with one attached hydrogen (secondary N) is 1. The minimum Gasteiger partial charge on any atom is -0.494 e. The number of hydrogen-bond acceptors (Lipinski definition) is 3. The van der Waals surface area contributed by atoms with Crippen LogP contribution in [0.1, 0.15) is 18.5 Å². The molecule has 1 aromatic carbocycles. The third-order valence-electron chi connectivity index (χ3n) is 3.34. The van der Waals surface area contributed by atoms with E-state index in [1.807, 2.05) is 38.2 Å². The Balaban J connectivity index is 2.28. The molecule has 5 heteroatoms. The van der Waals surface area contributed by atoms with Gasteiger partial charge in [-0.15, -0.1) is 0 Å². The lowest BCUT2D eigenvalue weighted by Crippen LogP contribution is -2.29. The number of rotatable bonds is 6. The highest BCUT2D eigenvalue weighted by atomic mass is 16.5. The molecule has 1 atom stereocenters. The highest BCUT2D eigenvalue weighted by Crippen LogP contribution is 2.25. The SMILES string of the molecule is CCOc1ccccc1C(Cn1ccn(C)c1=O)NC. The van der Waals surface area contributed by atoms with Crippen molar-refractivity contribution in [1.29, 1.82) is 0 Å². The lowest BCUT2D eigenvalue weighted by Gasteiger charge is -2.20. The van der Waals surface area contributed by atoms with Crippen LogP contribution in [0.5, 0.6) is 5.75 Å². The number of likely N-dealkylation sites (N-methyl/N-ethyl adjacent to an activating group) is 1. The first kappa shape index (κ1) is 14.4. The zero-order valence-corrected chi connectivity index (χ0v) is 12.2. The second-order valence-corrected chi connectivity index (χ2v) is 4.66. The average Bonchev–Trinajstić information content (AvgIpc) is 2.78. The summed E-state index contributed by atoms with van der Waals surface area (Å²) in [6.07, 6.45) is 3.57. The second kappa shape index (κ2) is 6.43. The molecule has 1 heterocycles. The van der Waals surface area contributed by atoms with Crippen molar-refractivity contribution in [3.63, 3.8) is 0 Å². The summed E-state index contributed by atoms with van der Waals surface area (Å²) in [4.78, 5) is 11.9. The molecule has 5 nitrogen and oxygen atoms in total. The molecule has 0 aliphatic rings. The summed E-state index contributed by atoms with van der Waals surface area (Å²) in [5.74, 6) is 0.860. The molecule has 0 bridgehead atoms. The lowest BCUT2D eigenvalue weighted by molar-refractivity contribution is 0.329. The van der Waals surface area contributed by atoms with Gasteiger partial charge >= 0.3 is 5.69 Å². The number of ether oxygens (including phenoxy) is 1. The molecule has 0 aliphatic carbocycles. The zero-order valence-electron chi connectivity index (χ0n) is 12.2. The van der Waals surface area contributed by atoms with Crippen molar-refractivity contribution in [2.75, 3.05) is 13.7 Å². The molecule has 2 rings (SSSR count). The molecule has 0 spiro atoms. The van der Waals surface area contributed by atoms with Crippen molar-refractivity contribution in [2.45, 2.75) is 19.5 Å². The minimum absolute atomic E-state index is 0.0147. The Labute approximate surface area is 118 Å². The summed E-state index contributed by atoms with van der Waals surface area (Å²) in [6.45, 7) is 3.16. The summed E-state index contributed by atoms with van der Waals surface area (Å²) in [5.41, 5.74) is 1.05. The van der Waals surface area contributed by atoms with E-state index < -0.39 is 0 Å². The first-order valence-corrected chi connectivity index (χ1v) is 6.78. The van der Waals surface area contributed by atoms with E-state index in [4.69, 9.17) is 4.74 Å². The number of hydrogen-bond donors (Lipinski definition) is 1. The molecule has 0 saturated carbocycles. The molecular weight excluding hydrogens is 254 g/mol. The Morgan fingerprint density at radius 3 is 2.65 bits per heavy atom.